The number of methoxy groups -OCH3 is 3. The van der Waals surface area contributed by atoms with E-state index in [4.69, 9.17) is 14.2 Å². The average Bonchev–Trinajstić information content (AvgIpc) is 3.08. The number of nitrogens with zero attached hydrogens (tertiary/aromatic N) is 4. The van der Waals surface area contributed by atoms with Crippen LogP contribution >= 0.6 is 0 Å². The molecule has 0 aliphatic carbocycles. The standard InChI is InChI=1S/C20H21N5O4/c1-11-18-13(12-6-5-7-14(27-2)19(12)29-4)10-16(26)21-20(18)25(24-11)15-8-9-17(28-3)23-22-15/h5-9,13H,10H2,1-4H3,(H,21,26)/t13-/m0/s1. The summed E-state index contributed by atoms with van der Waals surface area (Å²) in [6, 6.07) is 9.09. The highest BCUT2D eigenvalue weighted by atomic mass is 16.5. The van der Waals surface area contributed by atoms with Crippen LogP contribution in [0.3, 0.4) is 0 Å². The van der Waals surface area contributed by atoms with Crippen LogP contribution in [-0.4, -0.2) is 47.2 Å². The maximum Gasteiger partial charge on any atom is 0.233 e. The van der Waals surface area contributed by atoms with E-state index in [1.807, 2.05) is 25.1 Å². The van der Waals surface area contributed by atoms with Crippen LogP contribution < -0.4 is 19.5 Å². The third-order valence-corrected chi connectivity index (χ3v) is 4.96. The van der Waals surface area contributed by atoms with E-state index in [-0.39, 0.29) is 18.2 Å². The van der Waals surface area contributed by atoms with Gasteiger partial charge >= 0.3 is 0 Å². The van der Waals surface area contributed by atoms with E-state index in [9.17, 15) is 4.79 Å². The van der Waals surface area contributed by atoms with E-state index in [0.717, 1.165) is 16.8 Å². The Balaban J connectivity index is 1.87. The fourth-order valence-corrected chi connectivity index (χ4v) is 3.70. The summed E-state index contributed by atoms with van der Waals surface area (Å²) in [5.74, 6) is 2.33. The van der Waals surface area contributed by atoms with Gasteiger partial charge in [-0.15, -0.1) is 10.2 Å². The van der Waals surface area contributed by atoms with Crippen molar-refractivity contribution in [2.75, 3.05) is 26.6 Å². The first kappa shape index (κ1) is 18.7. The van der Waals surface area contributed by atoms with Crippen molar-refractivity contribution < 1.29 is 19.0 Å². The lowest BCUT2D eigenvalue weighted by molar-refractivity contribution is -0.116. The fourth-order valence-electron chi connectivity index (χ4n) is 3.70. The summed E-state index contributed by atoms with van der Waals surface area (Å²) in [7, 11) is 4.70. The number of amides is 1. The number of rotatable bonds is 5. The molecular weight excluding hydrogens is 374 g/mol. The number of fused-ring (bicyclic) bond motifs is 1. The fraction of sp³-hybridized carbons (Fsp3) is 0.300. The Morgan fingerprint density at radius 2 is 1.90 bits per heavy atom. The Morgan fingerprint density at radius 1 is 1.07 bits per heavy atom. The Hall–Kier alpha value is -3.62. The Kier molecular flexibility index (Phi) is 4.79. The molecule has 1 atom stereocenters. The molecular formula is C20H21N5O4. The van der Waals surface area contributed by atoms with Gasteiger partial charge in [0.15, 0.2) is 17.3 Å². The third kappa shape index (κ3) is 3.14. The summed E-state index contributed by atoms with van der Waals surface area (Å²) < 4.78 is 17.7. The molecule has 0 spiro atoms. The average molecular weight is 395 g/mol. The summed E-state index contributed by atoms with van der Waals surface area (Å²) in [6.45, 7) is 1.91. The van der Waals surface area contributed by atoms with Crippen LogP contribution in [0.2, 0.25) is 0 Å². The monoisotopic (exact) mass is 395 g/mol. The molecule has 3 aromatic rings. The number of carbonyl (C=O) groups excluding carboxylic acids is 1. The molecule has 1 N–H and O–H groups in total. The molecule has 2 aromatic heterocycles. The second-order valence-electron chi connectivity index (χ2n) is 6.58. The number of benzene rings is 1. The van der Waals surface area contributed by atoms with E-state index >= 15 is 0 Å². The van der Waals surface area contributed by atoms with Crippen molar-refractivity contribution in [2.45, 2.75) is 19.3 Å². The number of aromatic nitrogens is 4. The van der Waals surface area contributed by atoms with Crippen LogP contribution in [0.5, 0.6) is 17.4 Å². The first-order chi connectivity index (χ1) is 14.1. The number of para-hydroxylation sites is 1. The van der Waals surface area contributed by atoms with Gasteiger partial charge in [0.05, 0.1) is 27.0 Å². The molecule has 0 saturated carbocycles. The van der Waals surface area contributed by atoms with E-state index < -0.39 is 0 Å². The summed E-state index contributed by atoms with van der Waals surface area (Å²) in [6.07, 6.45) is 0.275. The van der Waals surface area contributed by atoms with Crippen molar-refractivity contribution in [1.29, 1.82) is 0 Å². The van der Waals surface area contributed by atoms with Crippen LogP contribution in [0, 0.1) is 6.92 Å². The molecule has 0 fully saturated rings. The highest BCUT2D eigenvalue weighted by Crippen LogP contribution is 2.45. The third-order valence-electron chi connectivity index (χ3n) is 4.96. The number of ether oxygens (including phenoxy) is 3. The summed E-state index contributed by atoms with van der Waals surface area (Å²) in [4.78, 5) is 12.6. The molecule has 1 aliphatic heterocycles. The van der Waals surface area contributed by atoms with Gasteiger partial charge in [0, 0.05) is 29.5 Å². The lowest BCUT2D eigenvalue weighted by Gasteiger charge is -2.26. The number of nitrogens with one attached hydrogen (secondary N) is 1. The molecule has 0 unspecified atom stereocenters. The first-order valence-electron chi connectivity index (χ1n) is 9.05. The Bertz CT molecular complexity index is 1060. The van der Waals surface area contributed by atoms with Gasteiger partial charge in [-0.2, -0.15) is 9.78 Å². The second-order valence-corrected chi connectivity index (χ2v) is 6.58. The van der Waals surface area contributed by atoms with Crippen LogP contribution in [0.4, 0.5) is 5.82 Å². The molecule has 0 saturated heterocycles. The maximum atomic E-state index is 12.6. The largest absolute Gasteiger partial charge is 0.493 e. The highest BCUT2D eigenvalue weighted by Gasteiger charge is 2.35. The minimum Gasteiger partial charge on any atom is -0.493 e. The molecule has 0 radical (unpaired) electrons. The van der Waals surface area contributed by atoms with Crippen molar-refractivity contribution in [3.8, 4) is 23.2 Å². The highest BCUT2D eigenvalue weighted by molar-refractivity contribution is 5.95. The van der Waals surface area contributed by atoms with Gasteiger partial charge in [-0.05, 0) is 19.1 Å². The quantitative estimate of drug-likeness (QED) is 0.708. The maximum absolute atomic E-state index is 12.6. The molecule has 29 heavy (non-hydrogen) atoms. The molecule has 1 aromatic carbocycles. The van der Waals surface area contributed by atoms with Gasteiger partial charge in [-0.25, -0.2) is 0 Å². The van der Waals surface area contributed by atoms with Crippen molar-refractivity contribution in [2.24, 2.45) is 0 Å². The van der Waals surface area contributed by atoms with Crippen LogP contribution in [-0.2, 0) is 4.79 Å². The topological polar surface area (TPSA) is 100 Å². The smallest absolute Gasteiger partial charge is 0.233 e. The lowest BCUT2D eigenvalue weighted by atomic mass is 9.85. The molecule has 1 aliphatic rings. The zero-order valence-corrected chi connectivity index (χ0v) is 16.6. The minimum absolute atomic E-state index is 0.116. The summed E-state index contributed by atoms with van der Waals surface area (Å²) >= 11 is 0. The molecule has 9 heteroatoms. The van der Waals surface area contributed by atoms with Gasteiger partial charge in [0.2, 0.25) is 11.8 Å². The van der Waals surface area contributed by atoms with Crippen LogP contribution in [0.15, 0.2) is 30.3 Å². The molecule has 150 valence electrons. The number of anilines is 1. The van der Waals surface area contributed by atoms with E-state index in [2.05, 4.69) is 20.6 Å². The molecule has 4 rings (SSSR count). The summed E-state index contributed by atoms with van der Waals surface area (Å²) in [5.41, 5.74) is 2.56. The van der Waals surface area contributed by atoms with E-state index in [0.29, 0.717) is 29.0 Å². The van der Waals surface area contributed by atoms with Gasteiger partial charge in [-0.1, -0.05) is 12.1 Å². The SMILES string of the molecule is COc1ccc(-n2nc(C)c3c2NC(=O)C[C@H]3c2cccc(OC)c2OC)nn1. The van der Waals surface area contributed by atoms with E-state index in [1.165, 1.54) is 7.11 Å². The van der Waals surface area contributed by atoms with Crippen molar-refractivity contribution in [1.82, 2.24) is 20.0 Å². The Morgan fingerprint density at radius 3 is 2.55 bits per heavy atom. The van der Waals surface area contributed by atoms with Crippen molar-refractivity contribution >= 4 is 11.7 Å². The zero-order chi connectivity index (χ0) is 20.5. The number of hydrogen-bond acceptors (Lipinski definition) is 7. The van der Waals surface area contributed by atoms with Gasteiger partial charge in [-0.3, -0.25) is 4.79 Å². The zero-order valence-electron chi connectivity index (χ0n) is 16.6. The molecule has 9 nitrogen and oxygen atoms in total. The predicted molar refractivity (Wildman–Crippen MR) is 105 cm³/mol. The van der Waals surface area contributed by atoms with E-state index in [1.54, 1.807) is 31.0 Å². The van der Waals surface area contributed by atoms with Gasteiger partial charge in [0.25, 0.3) is 0 Å². The van der Waals surface area contributed by atoms with Gasteiger partial charge < -0.3 is 19.5 Å². The second kappa shape index (κ2) is 7.42. The van der Waals surface area contributed by atoms with Crippen molar-refractivity contribution in [3.63, 3.8) is 0 Å². The number of carbonyl (C=O) groups is 1. The first-order valence-corrected chi connectivity index (χ1v) is 9.05. The lowest BCUT2D eigenvalue weighted by Crippen LogP contribution is -2.25. The van der Waals surface area contributed by atoms with Crippen LogP contribution in [0.25, 0.3) is 5.82 Å². The predicted octanol–water partition coefficient (Wildman–Crippen LogP) is 2.47. The molecule has 1 amide bonds. The van der Waals surface area contributed by atoms with Gasteiger partial charge in [0.1, 0.15) is 5.82 Å². The van der Waals surface area contributed by atoms with Crippen LogP contribution in [0.1, 0.15) is 29.2 Å². The molecule has 0 bridgehead atoms. The minimum atomic E-state index is -0.233. The normalized spacial score (nSPS) is 15.4. The number of aryl methyl sites for hydroxylation is 1. The Labute approximate surface area is 167 Å². The van der Waals surface area contributed by atoms with Crippen molar-refractivity contribution in [3.05, 3.63) is 47.2 Å². The number of hydrogen-bond donors (Lipinski definition) is 1. The summed E-state index contributed by atoms with van der Waals surface area (Å²) in [5, 5.41) is 15.7. The molecule has 3 heterocycles.